The zero-order chi connectivity index (χ0) is 105. The van der Waals surface area contributed by atoms with Crippen LogP contribution in [0.25, 0.3) is 71.9 Å². The molecule has 25 nitrogen and oxygen atoms in total. The van der Waals surface area contributed by atoms with Crippen molar-refractivity contribution in [3.8, 4) is 71.9 Å². The molecular formula is C96H93ClF18N18O7S2. The predicted octanol–water partition coefficient (Wildman–Crippen LogP) is 21.6. The number of hydrogen-bond donors (Lipinski definition) is 1. The van der Waals surface area contributed by atoms with Crippen molar-refractivity contribution in [2.45, 2.75) is 81.9 Å². The number of aromatic nitrogens is 12. The summed E-state index contributed by atoms with van der Waals surface area (Å²) in [6, 6.07) is 53.4. The fourth-order valence-corrected chi connectivity index (χ4v) is 16.1. The lowest BCUT2D eigenvalue weighted by molar-refractivity contribution is -0.144. The Hall–Kier alpha value is -14.2. The smallest absolute Gasteiger partial charge is 0.394 e. The van der Waals surface area contributed by atoms with Crippen LogP contribution < -0.4 is 0 Å². The topological polar surface area (TPSA) is 249 Å². The summed E-state index contributed by atoms with van der Waals surface area (Å²) in [6.45, 7) is -0.173. The lowest BCUT2D eigenvalue weighted by atomic mass is 10.1. The highest BCUT2D eigenvalue weighted by Gasteiger charge is 2.41. The molecule has 8 aromatic heterocycles. The maximum absolute atomic E-state index is 13.2. The normalized spacial score (nSPS) is 12.3. The van der Waals surface area contributed by atoms with Gasteiger partial charge in [0.2, 0.25) is 0 Å². The fourth-order valence-electron chi connectivity index (χ4n) is 13.9. The van der Waals surface area contributed by atoms with E-state index in [2.05, 4.69) is 30.6 Å². The number of aliphatic hydroxyl groups is 1. The standard InChI is InChI=1S/C18H16F3N3OS.C18H20F3N3O.C17H13ClF3N3OS.C15H16F3N3O2.2C14H14F3N3O/c1-23(2)17(25)15-9-8-14(26-15)13-10-16(18(19,20)21)22-24(13)11-12-6-4-3-5-7-12;1-23(2)17(25)13-9-7-12(8-10-13)15-11-16(18(19,20)21)22-24(15)14-5-3-4-6-14;1-23(2)16(25)14-8-7-13(26-14)12-9-15(17(19,20)21)22-24(12)11-5-3-10(18)4-6-11;1-20(2)14(23)11-5-3-10(4-6-11)12-9-13(15(16,17)18)19-21(12)7-8-22;1-19(2)13(21)10-6-4-9(5-7-10)11-8-12(14(15,16)17)18-20(11)3;1-19(2)13(21)10-6-4-9(5-7-10)11-8-12(14(15,16)17)20(3)18-11/h3-10H,11H2,1-2H3;7-11,14H,3-6H2,1-2H3;3-9H,1-2H3;3-6,9,22H,7-8H2,1-2H3;2*4-8H,1-3H3. The van der Waals surface area contributed by atoms with Crippen molar-refractivity contribution >= 4 is 69.7 Å². The van der Waals surface area contributed by atoms with E-state index in [4.69, 9.17) is 16.7 Å². The summed E-state index contributed by atoms with van der Waals surface area (Å²) in [6.07, 6.45) is -23.4. The minimum Gasteiger partial charge on any atom is -0.394 e. The Kier molecular flexibility index (Phi) is 35.2. The predicted molar refractivity (Wildman–Crippen MR) is 498 cm³/mol. The highest BCUT2D eigenvalue weighted by Crippen LogP contribution is 2.43. The van der Waals surface area contributed by atoms with Crippen LogP contribution >= 0.6 is 34.3 Å². The molecular weight excluding hydrogens is 1960 g/mol. The number of benzene rings is 6. The number of alkyl halides is 18. The summed E-state index contributed by atoms with van der Waals surface area (Å²) in [5.41, 5.74) is 1.59. The van der Waals surface area contributed by atoms with Crippen molar-refractivity contribution in [3.05, 3.63) is 289 Å². The highest BCUT2D eigenvalue weighted by atomic mass is 35.5. The number of aryl methyl sites for hydroxylation is 2. The van der Waals surface area contributed by atoms with Crippen molar-refractivity contribution in [1.29, 1.82) is 0 Å². The number of amides is 6. The molecule has 8 heterocycles. The van der Waals surface area contributed by atoms with E-state index in [-0.39, 0.29) is 78.3 Å². The van der Waals surface area contributed by atoms with Crippen LogP contribution in [0, 0.1) is 0 Å². The molecule has 0 bridgehead atoms. The number of nitrogens with zero attached hydrogens (tertiary/aromatic N) is 18. The first-order valence-corrected chi connectivity index (χ1v) is 44.5. The van der Waals surface area contributed by atoms with Crippen molar-refractivity contribution in [1.82, 2.24) is 88.1 Å². The van der Waals surface area contributed by atoms with Crippen molar-refractivity contribution < 1.29 is 113 Å². The lowest BCUT2D eigenvalue weighted by Gasteiger charge is -2.15. The van der Waals surface area contributed by atoms with Gasteiger partial charge in [-0.05, 0) is 169 Å². The fraction of sp³-hybridized carbons (Fsp3) is 0.292. The summed E-state index contributed by atoms with van der Waals surface area (Å²) < 4.78 is 240. The van der Waals surface area contributed by atoms with Gasteiger partial charge in [-0.25, -0.2) is 4.68 Å². The maximum Gasteiger partial charge on any atom is 0.435 e. The number of rotatable bonds is 18. The molecule has 1 aliphatic rings. The van der Waals surface area contributed by atoms with Gasteiger partial charge >= 0.3 is 37.1 Å². The summed E-state index contributed by atoms with van der Waals surface area (Å²) in [5.74, 6) is -1.08. The molecule has 754 valence electrons. The molecule has 0 unspecified atom stereocenters. The second-order valence-electron chi connectivity index (χ2n) is 32.9. The maximum atomic E-state index is 13.2. The van der Waals surface area contributed by atoms with E-state index in [1.54, 1.807) is 230 Å². The van der Waals surface area contributed by atoms with E-state index in [0.717, 1.165) is 99.7 Å². The molecule has 0 saturated heterocycles. The average molecular weight is 2050 g/mol. The molecule has 1 saturated carbocycles. The largest absolute Gasteiger partial charge is 0.435 e. The summed E-state index contributed by atoms with van der Waals surface area (Å²) >= 11 is 8.12. The summed E-state index contributed by atoms with van der Waals surface area (Å²) in [7, 11) is 22.2. The molecule has 15 rings (SSSR count). The third kappa shape index (κ3) is 28.2. The van der Waals surface area contributed by atoms with Gasteiger partial charge in [0.15, 0.2) is 28.5 Å². The van der Waals surface area contributed by atoms with Gasteiger partial charge < -0.3 is 34.5 Å². The second kappa shape index (κ2) is 45.6. The van der Waals surface area contributed by atoms with Gasteiger partial charge in [-0.15, -0.1) is 22.7 Å². The van der Waals surface area contributed by atoms with Gasteiger partial charge in [-0.3, -0.25) is 52.2 Å². The van der Waals surface area contributed by atoms with Crippen LogP contribution in [0.5, 0.6) is 0 Å². The Morgan fingerprint density at radius 2 is 0.711 bits per heavy atom. The summed E-state index contributed by atoms with van der Waals surface area (Å²) in [4.78, 5) is 81.9. The molecule has 142 heavy (non-hydrogen) atoms. The van der Waals surface area contributed by atoms with Gasteiger partial charge in [0.25, 0.3) is 35.4 Å². The van der Waals surface area contributed by atoms with Gasteiger partial charge in [-0.2, -0.15) is 110 Å². The van der Waals surface area contributed by atoms with Gasteiger partial charge in [0.1, 0.15) is 5.69 Å². The van der Waals surface area contributed by atoms with Crippen LogP contribution in [-0.4, -0.2) is 220 Å². The van der Waals surface area contributed by atoms with Crippen molar-refractivity contribution in [2.24, 2.45) is 14.1 Å². The number of carbonyl (C=O) groups is 6. The molecule has 1 N–H and O–H groups in total. The van der Waals surface area contributed by atoms with E-state index < -0.39 is 71.2 Å². The Morgan fingerprint density at radius 3 is 1.11 bits per heavy atom. The summed E-state index contributed by atoms with van der Waals surface area (Å²) in [5, 5.41) is 31.6. The first-order chi connectivity index (χ1) is 66.3. The monoisotopic (exact) mass is 2050 g/mol. The van der Waals surface area contributed by atoms with Crippen molar-refractivity contribution in [2.75, 3.05) is 91.2 Å². The SMILES string of the molecule is CN(C)C(=O)c1ccc(-c2cc(C(F)(F)F)n(C)n2)cc1.CN(C)C(=O)c1ccc(-c2cc(C(F)(F)F)nn2-c2ccc(Cl)cc2)s1.CN(C)C(=O)c1ccc(-c2cc(C(F)(F)F)nn2C)cc1.CN(C)C(=O)c1ccc(-c2cc(C(F)(F)F)nn2C2CCCC2)cc1.CN(C)C(=O)c1ccc(-c2cc(C(F)(F)F)nn2CCO)cc1.CN(C)C(=O)c1ccc(-c2cc(C(F)(F)F)nn2Cc2ccccc2)s1. The minimum atomic E-state index is -4.58. The van der Waals surface area contributed by atoms with Gasteiger partial charge in [-0.1, -0.05) is 103 Å². The Labute approximate surface area is 814 Å². The molecule has 6 aromatic carbocycles. The number of thiophene rings is 2. The van der Waals surface area contributed by atoms with E-state index in [1.165, 1.54) is 62.2 Å². The van der Waals surface area contributed by atoms with Crippen LogP contribution in [-0.2, 0) is 64.2 Å². The molecule has 0 atom stereocenters. The lowest BCUT2D eigenvalue weighted by Crippen LogP contribution is -2.21. The Bertz CT molecular complexity index is 6680. The minimum absolute atomic E-state index is 0.00539. The molecule has 6 amide bonds. The Balaban J connectivity index is 0.000000176. The first-order valence-electron chi connectivity index (χ1n) is 42.5. The molecule has 1 aliphatic carbocycles. The third-order valence-electron chi connectivity index (χ3n) is 21.0. The molecule has 1 fully saturated rings. The zero-order valence-corrected chi connectivity index (χ0v) is 80.6. The van der Waals surface area contributed by atoms with Crippen molar-refractivity contribution in [3.63, 3.8) is 0 Å². The zero-order valence-electron chi connectivity index (χ0n) is 78.2. The molecule has 0 spiro atoms. The second-order valence-corrected chi connectivity index (χ2v) is 35.5. The van der Waals surface area contributed by atoms with Crippen LogP contribution in [0.1, 0.15) is 132 Å². The van der Waals surface area contributed by atoms with Gasteiger partial charge in [0, 0.05) is 132 Å². The van der Waals surface area contributed by atoms with Crippen LogP contribution in [0.3, 0.4) is 0 Å². The van der Waals surface area contributed by atoms with E-state index in [9.17, 15) is 108 Å². The van der Waals surface area contributed by atoms with Crippen LogP contribution in [0.15, 0.2) is 212 Å². The average Bonchev–Trinajstić information content (AvgIpc) is 1.65. The van der Waals surface area contributed by atoms with E-state index in [1.807, 2.05) is 30.3 Å². The third-order valence-corrected chi connectivity index (χ3v) is 23.5. The Morgan fingerprint density at radius 1 is 0.359 bits per heavy atom. The number of aliphatic hydroxyl groups excluding tert-OH is 1. The molecule has 0 radical (unpaired) electrons. The number of hydrogen-bond acceptors (Lipinski definition) is 15. The first kappa shape index (κ1) is 110. The van der Waals surface area contributed by atoms with E-state index in [0.29, 0.717) is 91.8 Å². The molecule has 46 heteroatoms. The number of carbonyl (C=O) groups excluding carboxylic acids is 6. The van der Waals surface area contributed by atoms with Crippen LogP contribution in [0.2, 0.25) is 5.02 Å². The van der Waals surface area contributed by atoms with Gasteiger partial charge in [0.05, 0.1) is 85.1 Å². The van der Waals surface area contributed by atoms with Crippen LogP contribution in [0.4, 0.5) is 79.0 Å². The molecule has 14 aromatic rings. The van der Waals surface area contributed by atoms with E-state index >= 15 is 0 Å². The highest BCUT2D eigenvalue weighted by molar-refractivity contribution is 7.17. The quantitative estimate of drug-likeness (QED) is 0.0786. The number of halogens is 19. The molecule has 0 aliphatic heterocycles.